The Kier molecular flexibility index (Phi) is 35.8. The van der Waals surface area contributed by atoms with Crippen molar-refractivity contribution < 1.29 is 23.7 Å². The molecule has 5 heteroatoms. The fourth-order valence-electron chi connectivity index (χ4n) is 12.1. The van der Waals surface area contributed by atoms with Gasteiger partial charge in [-0.2, -0.15) is 0 Å². The smallest absolute Gasteiger partial charge is 0.0801 e. The second-order valence-corrected chi connectivity index (χ2v) is 26.0. The van der Waals surface area contributed by atoms with Crippen molar-refractivity contribution in [1.29, 1.82) is 0 Å². The highest BCUT2D eigenvalue weighted by Crippen LogP contribution is 2.31. The Morgan fingerprint density at radius 1 is 0.222 bits per heavy atom. The number of benzene rings is 13. The van der Waals surface area contributed by atoms with Gasteiger partial charge in [-0.15, -0.1) is 0 Å². The molecule has 0 spiro atoms. The van der Waals surface area contributed by atoms with Crippen LogP contribution in [0.5, 0.6) is 0 Å². The van der Waals surface area contributed by atoms with Crippen LogP contribution < -0.4 is 0 Å². The van der Waals surface area contributed by atoms with Gasteiger partial charge in [-0.05, 0) is 125 Å². The normalized spacial score (nSPS) is 12.2. The minimum Gasteiger partial charge on any atom is -0.374 e. The molecule has 5 atom stereocenters. The maximum Gasteiger partial charge on any atom is 0.0801 e. The average molecular weight is 1420 g/mol. The van der Waals surface area contributed by atoms with Crippen LogP contribution in [0.2, 0.25) is 0 Å². The van der Waals surface area contributed by atoms with E-state index in [9.17, 15) is 0 Å². The molecule has 0 N–H and O–H groups in total. The van der Waals surface area contributed by atoms with Crippen LogP contribution >= 0.6 is 0 Å². The van der Waals surface area contributed by atoms with Crippen LogP contribution in [-0.2, 0) is 23.7 Å². The standard InChI is InChI=1S/C23H24O.2C23H22O.2C17H18O/c3*1-19(20-11-5-2-6-12-20)24-18-17-23(21-13-7-3-8-14-21)22-15-9-4-10-16-22;2*1-15(17-12-6-3-7-13-17)18-14-8-11-16-9-4-2-5-10-16/h2-16,19,23H,17-18H2,1H3;2*2-17,19H,18H2,1H3;2*2-13,15H,14H2,1H3/b;;;2*11-8+/t;2*19-;2*15-/m.1010/s1. The zero-order valence-corrected chi connectivity index (χ0v) is 63.2. The third kappa shape index (κ3) is 29.2. The monoisotopic (exact) mass is 1420 g/mol. The van der Waals surface area contributed by atoms with Crippen LogP contribution in [0, 0.1) is 0 Å². The van der Waals surface area contributed by atoms with Gasteiger partial charge in [-0.25, -0.2) is 0 Å². The Hall–Kier alpha value is -11.4. The highest BCUT2D eigenvalue weighted by molar-refractivity contribution is 5.80. The Morgan fingerprint density at radius 3 is 0.657 bits per heavy atom. The lowest BCUT2D eigenvalue weighted by Gasteiger charge is -2.20. The molecule has 0 radical (unpaired) electrons. The first-order valence-electron chi connectivity index (χ1n) is 37.7. The largest absolute Gasteiger partial charge is 0.374 e. The average Bonchev–Trinajstić information content (AvgIpc) is 0.861. The highest BCUT2D eigenvalue weighted by atomic mass is 16.5. The molecule has 0 aliphatic heterocycles. The maximum atomic E-state index is 6.10. The molecular formula is C103H104O5. The topological polar surface area (TPSA) is 46.2 Å². The van der Waals surface area contributed by atoms with Gasteiger partial charge in [-0.3, -0.25) is 0 Å². The van der Waals surface area contributed by atoms with Gasteiger partial charge in [0.15, 0.2) is 0 Å². The third-order valence-corrected chi connectivity index (χ3v) is 18.2. The summed E-state index contributed by atoms with van der Waals surface area (Å²) in [6.07, 6.45) is 14.1. The van der Waals surface area contributed by atoms with Crippen LogP contribution in [0.1, 0.15) is 150 Å². The van der Waals surface area contributed by atoms with E-state index in [1.807, 2.05) is 140 Å². The van der Waals surface area contributed by atoms with E-state index in [-0.39, 0.29) is 30.5 Å². The highest BCUT2D eigenvalue weighted by Gasteiger charge is 2.16. The van der Waals surface area contributed by atoms with Crippen molar-refractivity contribution in [2.24, 2.45) is 0 Å². The van der Waals surface area contributed by atoms with Crippen LogP contribution in [0.3, 0.4) is 0 Å². The van der Waals surface area contributed by atoms with Crippen LogP contribution in [0.15, 0.2) is 419 Å². The number of rotatable bonds is 29. The molecule has 13 aromatic rings. The van der Waals surface area contributed by atoms with Crippen molar-refractivity contribution in [2.45, 2.75) is 77.5 Å². The molecular weight excluding hydrogens is 1320 g/mol. The fourth-order valence-corrected chi connectivity index (χ4v) is 12.1. The summed E-state index contributed by atoms with van der Waals surface area (Å²) in [6.45, 7) is 13.6. The summed E-state index contributed by atoms with van der Waals surface area (Å²) in [6, 6.07) is 135. The van der Waals surface area contributed by atoms with E-state index in [4.69, 9.17) is 23.7 Å². The quantitative estimate of drug-likeness (QED) is 0.0468. The van der Waals surface area contributed by atoms with E-state index in [1.54, 1.807) is 0 Å². The summed E-state index contributed by atoms with van der Waals surface area (Å²) in [5, 5.41) is 0. The predicted molar refractivity (Wildman–Crippen MR) is 454 cm³/mol. The van der Waals surface area contributed by atoms with Gasteiger partial charge < -0.3 is 23.7 Å². The summed E-state index contributed by atoms with van der Waals surface area (Å²) in [7, 11) is 0. The Balaban J connectivity index is 0.000000157. The molecule has 0 aliphatic carbocycles. The first-order valence-corrected chi connectivity index (χ1v) is 37.7. The number of hydrogen-bond acceptors (Lipinski definition) is 5. The van der Waals surface area contributed by atoms with E-state index in [1.165, 1.54) is 83.5 Å². The summed E-state index contributed by atoms with van der Waals surface area (Å²) < 4.78 is 29.7. The van der Waals surface area contributed by atoms with Gasteiger partial charge in [0.25, 0.3) is 0 Å². The third-order valence-electron chi connectivity index (χ3n) is 18.2. The fraction of sp³-hybridized carbons (Fsp3) is 0.165. The molecule has 0 heterocycles. The molecule has 1 unspecified atom stereocenters. The van der Waals surface area contributed by atoms with Crippen LogP contribution in [0.25, 0.3) is 23.3 Å². The molecule has 108 heavy (non-hydrogen) atoms. The summed E-state index contributed by atoms with van der Waals surface area (Å²) in [5.74, 6) is 0.371. The first kappa shape index (κ1) is 80.7. The second kappa shape index (κ2) is 47.9. The van der Waals surface area contributed by atoms with E-state index in [0.29, 0.717) is 32.3 Å². The molecule has 5 nitrogen and oxygen atoms in total. The molecule has 0 aromatic heterocycles. The Bertz CT molecular complexity index is 4190. The van der Waals surface area contributed by atoms with Crippen molar-refractivity contribution >= 4 is 23.3 Å². The van der Waals surface area contributed by atoms with E-state index < -0.39 is 0 Å². The summed E-state index contributed by atoms with van der Waals surface area (Å²) in [4.78, 5) is 0. The Morgan fingerprint density at radius 2 is 0.417 bits per heavy atom. The molecule has 0 amide bonds. The molecule has 0 aliphatic rings. The van der Waals surface area contributed by atoms with Crippen molar-refractivity contribution in [3.8, 4) is 0 Å². The molecule has 0 saturated heterocycles. The SMILES string of the molecule is CC(OCCC(c1ccccc1)c1ccccc1)c1ccccc1.C[C@@H](OC/C=C/c1ccccc1)c1ccccc1.C[C@@H](OCC=C(c1ccccc1)c1ccccc1)c1ccccc1.C[C@H](OC/C=C/c1ccccc1)c1ccccc1.C[C@H](OCC=C(c1ccccc1)c1ccccc1)c1ccccc1. The lowest BCUT2D eigenvalue weighted by atomic mass is 9.89. The second-order valence-electron chi connectivity index (χ2n) is 26.0. The summed E-state index contributed by atoms with van der Waals surface area (Å²) >= 11 is 0. The van der Waals surface area contributed by atoms with Crippen LogP contribution in [-0.4, -0.2) is 33.0 Å². The molecule has 13 aromatic carbocycles. The zero-order valence-electron chi connectivity index (χ0n) is 63.2. The van der Waals surface area contributed by atoms with Gasteiger partial charge in [0.1, 0.15) is 0 Å². The number of hydrogen-bond donors (Lipinski definition) is 0. The summed E-state index contributed by atoms with van der Waals surface area (Å²) in [5.41, 5.74) is 18.4. The van der Waals surface area contributed by atoms with Gasteiger partial charge in [-0.1, -0.05) is 431 Å². The molecule has 0 fully saturated rings. The first-order chi connectivity index (χ1) is 53.3. The van der Waals surface area contributed by atoms with Gasteiger partial charge in [0, 0.05) is 12.5 Å². The van der Waals surface area contributed by atoms with Gasteiger partial charge in [0.05, 0.1) is 56.9 Å². The predicted octanol–water partition coefficient (Wildman–Crippen LogP) is 26.7. The van der Waals surface area contributed by atoms with Crippen LogP contribution in [0.4, 0.5) is 0 Å². The van der Waals surface area contributed by atoms with Gasteiger partial charge in [0.2, 0.25) is 0 Å². The minimum atomic E-state index is 0.0789. The van der Waals surface area contributed by atoms with E-state index >= 15 is 0 Å². The molecule has 0 bridgehead atoms. The molecule has 546 valence electrons. The van der Waals surface area contributed by atoms with Crippen molar-refractivity contribution in [2.75, 3.05) is 33.0 Å². The lowest BCUT2D eigenvalue weighted by molar-refractivity contribution is 0.0621. The van der Waals surface area contributed by atoms with Crippen molar-refractivity contribution in [3.05, 3.63) is 491 Å². The number of ether oxygens (including phenoxy) is 5. The lowest BCUT2D eigenvalue weighted by Crippen LogP contribution is -2.08. The maximum absolute atomic E-state index is 6.10. The molecule has 13 rings (SSSR count). The molecule has 0 saturated carbocycles. The minimum absolute atomic E-state index is 0.0789. The van der Waals surface area contributed by atoms with E-state index in [2.05, 4.69) is 326 Å². The zero-order chi connectivity index (χ0) is 75.1. The van der Waals surface area contributed by atoms with E-state index in [0.717, 1.165) is 13.0 Å². The van der Waals surface area contributed by atoms with Crippen molar-refractivity contribution in [1.82, 2.24) is 0 Å². The Labute approximate surface area is 644 Å². The van der Waals surface area contributed by atoms with Gasteiger partial charge >= 0.3 is 0 Å². The van der Waals surface area contributed by atoms with Crippen molar-refractivity contribution in [3.63, 3.8) is 0 Å².